The third kappa shape index (κ3) is 2.63. The average molecular weight is 333 g/mol. The third-order valence-corrected chi connectivity index (χ3v) is 5.39. The summed E-state index contributed by atoms with van der Waals surface area (Å²) in [6.07, 6.45) is 3.85. The standard InChI is InChI=1S/C18H23NO5/c1-21-16-3-2-10-24-18(16)6-8-19(9-7-18)17(20)13-4-5-14-15(11-13)23-12-22-14/h4-5,11,16H,2-3,6-10,12H2,1H3. The third-order valence-electron chi connectivity index (χ3n) is 5.39. The first-order valence-electron chi connectivity index (χ1n) is 8.57. The Morgan fingerprint density at radius 2 is 2.04 bits per heavy atom. The Labute approximate surface area is 141 Å². The molecular weight excluding hydrogens is 310 g/mol. The average Bonchev–Trinajstić information content (AvgIpc) is 3.10. The minimum Gasteiger partial charge on any atom is -0.454 e. The van der Waals surface area contributed by atoms with Crippen molar-refractivity contribution in [2.75, 3.05) is 33.6 Å². The summed E-state index contributed by atoms with van der Waals surface area (Å²) in [4.78, 5) is 14.7. The number of benzene rings is 1. The predicted octanol–water partition coefficient (Wildman–Crippen LogP) is 2.22. The number of hydrogen-bond donors (Lipinski definition) is 0. The number of rotatable bonds is 2. The molecule has 2 fully saturated rings. The van der Waals surface area contributed by atoms with E-state index in [1.165, 1.54) is 0 Å². The van der Waals surface area contributed by atoms with Crippen LogP contribution in [0.4, 0.5) is 0 Å². The molecule has 6 heteroatoms. The van der Waals surface area contributed by atoms with E-state index in [0.29, 0.717) is 30.2 Å². The van der Waals surface area contributed by atoms with Crippen LogP contribution in [-0.4, -0.2) is 56.1 Å². The van der Waals surface area contributed by atoms with Gasteiger partial charge in [0.1, 0.15) is 0 Å². The maximum Gasteiger partial charge on any atom is 0.253 e. The van der Waals surface area contributed by atoms with Crippen molar-refractivity contribution in [3.8, 4) is 11.5 Å². The minimum atomic E-state index is -0.224. The van der Waals surface area contributed by atoms with E-state index in [9.17, 15) is 4.79 Å². The monoisotopic (exact) mass is 333 g/mol. The molecule has 130 valence electrons. The Morgan fingerprint density at radius 1 is 1.25 bits per heavy atom. The van der Waals surface area contributed by atoms with Crippen LogP contribution < -0.4 is 9.47 Å². The van der Waals surface area contributed by atoms with Crippen LogP contribution in [0.25, 0.3) is 0 Å². The lowest BCUT2D eigenvalue weighted by Gasteiger charge is -2.48. The molecule has 0 aliphatic carbocycles. The van der Waals surface area contributed by atoms with Gasteiger partial charge in [-0.05, 0) is 43.9 Å². The summed E-state index contributed by atoms with van der Waals surface area (Å²) in [6.45, 7) is 2.38. The van der Waals surface area contributed by atoms with Gasteiger partial charge in [0.15, 0.2) is 11.5 Å². The Balaban J connectivity index is 1.44. The van der Waals surface area contributed by atoms with E-state index < -0.39 is 0 Å². The number of carbonyl (C=O) groups is 1. The number of nitrogens with zero attached hydrogens (tertiary/aromatic N) is 1. The van der Waals surface area contributed by atoms with Gasteiger partial charge in [-0.15, -0.1) is 0 Å². The summed E-state index contributed by atoms with van der Waals surface area (Å²) in [6, 6.07) is 5.37. The molecule has 4 rings (SSSR count). The molecule has 1 aromatic rings. The molecule has 0 N–H and O–H groups in total. The first kappa shape index (κ1) is 15.7. The first-order chi connectivity index (χ1) is 11.7. The topological polar surface area (TPSA) is 57.2 Å². The molecule has 1 unspecified atom stereocenters. The van der Waals surface area contributed by atoms with Crippen molar-refractivity contribution >= 4 is 5.91 Å². The molecule has 0 aromatic heterocycles. The molecule has 3 aliphatic heterocycles. The summed E-state index contributed by atoms with van der Waals surface area (Å²) in [5.41, 5.74) is 0.418. The molecular formula is C18H23NO5. The van der Waals surface area contributed by atoms with E-state index in [1.807, 2.05) is 4.90 Å². The first-order valence-corrected chi connectivity index (χ1v) is 8.57. The smallest absolute Gasteiger partial charge is 0.253 e. The van der Waals surface area contributed by atoms with Crippen LogP contribution in [0.3, 0.4) is 0 Å². The quantitative estimate of drug-likeness (QED) is 0.830. The van der Waals surface area contributed by atoms with E-state index >= 15 is 0 Å². The van der Waals surface area contributed by atoms with E-state index in [1.54, 1.807) is 25.3 Å². The summed E-state index contributed by atoms with van der Waals surface area (Å²) in [7, 11) is 1.76. The lowest BCUT2D eigenvalue weighted by atomic mass is 9.81. The van der Waals surface area contributed by atoms with Gasteiger partial charge in [0.2, 0.25) is 6.79 Å². The number of carbonyl (C=O) groups excluding carboxylic acids is 1. The number of fused-ring (bicyclic) bond motifs is 1. The molecule has 3 heterocycles. The lowest BCUT2D eigenvalue weighted by molar-refractivity contribution is -0.183. The Morgan fingerprint density at radius 3 is 2.83 bits per heavy atom. The van der Waals surface area contributed by atoms with Crippen LogP contribution in [-0.2, 0) is 9.47 Å². The fourth-order valence-electron chi connectivity index (χ4n) is 4.00. The Hall–Kier alpha value is -1.79. The van der Waals surface area contributed by atoms with E-state index in [4.69, 9.17) is 18.9 Å². The fourth-order valence-corrected chi connectivity index (χ4v) is 4.00. The Bertz CT molecular complexity index is 624. The highest BCUT2D eigenvalue weighted by atomic mass is 16.7. The highest BCUT2D eigenvalue weighted by Gasteiger charge is 2.45. The number of hydrogen-bond acceptors (Lipinski definition) is 5. The van der Waals surface area contributed by atoms with Crippen LogP contribution in [0, 0.1) is 0 Å². The molecule has 3 aliphatic rings. The molecule has 1 spiro atoms. The molecule has 1 amide bonds. The molecule has 0 saturated carbocycles. The summed E-state index contributed by atoms with van der Waals surface area (Å²) < 4.78 is 22.4. The highest BCUT2D eigenvalue weighted by Crippen LogP contribution is 2.38. The summed E-state index contributed by atoms with van der Waals surface area (Å²) in [5, 5.41) is 0. The van der Waals surface area contributed by atoms with Crippen molar-refractivity contribution in [2.24, 2.45) is 0 Å². The van der Waals surface area contributed by atoms with Gasteiger partial charge in [0.25, 0.3) is 5.91 Å². The van der Waals surface area contributed by atoms with Crippen molar-refractivity contribution in [3.63, 3.8) is 0 Å². The molecule has 6 nitrogen and oxygen atoms in total. The van der Waals surface area contributed by atoms with Gasteiger partial charge >= 0.3 is 0 Å². The van der Waals surface area contributed by atoms with Crippen molar-refractivity contribution in [2.45, 2.75) is 37.4 Å². The van der Waals surface area contributed by atoms with Crippen molar-refractivity contribution in [1.29, 1.82) is 0 Å². The maximum absolute atomic E-state index is 12.8. The van der Waals surface area contributed by atoms with Crippen LogP contribution in [0.2, 0.25) is 0 Å². The minimum absolute atomic E-state index is 0.0351. The molecule has 0 radical (unpaired) electrons. The number of amides is 1. The molecule has 0 bridgehead atoms. The summed E-state index contributed by atoms with van der Waals surface area (Å²) in [5.74, 6) is 1.38. The van der Waals surface area contributed by atoms with Crippen LogP contribution in [0.1, 0.15) is 36.0 Å². The zero-order valence-corrected chi connectivity index (χ0v) is 14.0. The van der Waals surface area contributed by atoms with Crippen LogP contribution in [0.5, 0.6) is 11.5 Å². The highest BCUT2D eigenvalue weighted by molar-refractivity contribution is 5.95. The number of ether oxygens (including phenoxy) is 4. The fraction of sp³-hybridized carbons (Fsp3) is 0.611. The molecule has 24 heavy (non-hydrogen) atoms. The van der Waals surface area contributed by atoms with Crippen molar-refractivity contribution in [1.82, 2.24) is 4.90 Å². The van der Waals surface area contributed by atoms with Crippen LogP contribution >= 0.6 is 0 Å². The van der Waals surface area contributed by atoms with Gasteiger partial charge in [-0.2, -0.15) is 0 Å². The van der Waals surface area contributed by atoms with Crippen molar-refractivity contribution < 1.29 is 23.7 Å². The number of methoxy groups -OCH3 is 1. The predicted molar refractivity (Wildman–Crippen MR) is 86.4 cm³/mol. The normalized spacial score (nSPS) is 25.0. The zero-order chi connectivity index (χ0) is 16.6. The Kier molecular flexibility index (Phi) is 4.10. The lowest BCUT2D eigenvalue weighted by Crippen LogP contribution is -2.56. The van der Waals surface area contributed by atoms with Gasteiger partial charge in [0, 0.05) is 32.4 Å². The van der Waals surface area contributed by atoms with Gasteiger partial charge in [-0.3, -0.25) is 4.79 Å². The van der Waals surface area contributed by atoms with Gasteiger partial charge in [-0.25, -0.2) is 0 Å². The van der Waals surface area contributed by atoms with Gasteiger partial charge in [0.05, 0.1) is 11.7 Å². The zero-order valence-electron chi connectivity index (χ0n) is 14.0. The van der Waals surface area contributed by atoms with Gasteiger partial charge in [-0.1, -0.05) is 0 Å². The van der Waals surface area contributed by atoms with Crippen LogP contribution in [0.15, 0.2) is 18.2 Å². The maximum atomic E-state index is 12.8. The second-order valence-corrected chi connectivity index (χ2v) is 6.64. The molecule has 1 aromatic carbocycles. The second-order valence-electron chi connectivity index (χ2n) is 6.64. The van der Waals surface area contributed by atoms with E-state index in [0.717, 1.165) is 32.3 Å². The SMILES string of the molecule is COC1CCCOC12CCN(C(=O)c1ccc3c(c1)OCO3)CC2. The number of likely N-dealkylation sites (tertiary alicyclic amines) is 1. The van der Waals surface area contributed by atoms with E-state index in [2.05, 4.69) is 0 Å². The molecule has 1 atom stereocenters. The number of piperidine rings is 1. The van der Waals surface area contributed by atoms with E-state index in [-0.39, 0.29) is 24.4 Å². The largest absolute Gasteiger partial charge is 0.454 e. The molecule has 2 saturated heterocycles. The van der Waals surface area contributed by atoms with Gasteiger partial charge < -0.3 is 23.8 Å². The summed E-state index contributed by atoms with van der Waals surface area (Å²) >= 11 is 0. The van der Waals surface area contributed by atoms with Crippen molar-refractivity contribution in [3.05, 3.63) is 23.8 Å². The second kappa shape index (κ2) is 6.26.